The molecule has 0 aromatic heterocycles. The summed E-state index contributed by atoms with van der Waals surface area (Å²) in [6.07, 6.45) is 0. The number of Topliss-reactive ketones (excluding diaryl/α,β-unsaturated/α-hetero) is 1. The van der Waals surface area contributed by atoms with E-state index in [9.17, 15) is 22.0 Å². The minimum atomic E-state index is -3.90. The molecule has 2 rings (SSSR count). The van der Waals surface area contributed by atoms with E-state index < -0.39 is 33.2 Å². The Kier molecular flexibility index (Phi) is 4.95. The number of para-hydroxylation sites is 2. The molecular weight excluding hydrogens is 328 g/mol. The lowest BCUT2D eigenvalue weighted by atomic mass is 10.3. The van der Waals surface area contributed by atoms with Crippen LogP contribution in [0.3, 0.4) is 0 Å². The van der Waals surface area contributed by atoms with Gasteiger partial charge in [0.25, 0.3) is 0 Å². The van der Waals surface area contributed by atoms with Crippen LogP contribution in [-0.2, 0) is 14.8 Å². The molecule has 0 amide bonds. The lowest BCUT2D eigenvalue weighted by Crippen LogP contribution is -2.21. The van der Waals surface area contributed by atoms with Crippen LogP contribution in [0.4, 0.5) is 14.5 Å². The van der Waals surface area contributed by atoms with Gasteiger partial charge in [0, 0.05) is 6.07 Å². The van der Waals surface area contributed by atoms with Crippen LogP contribution in [0.25, 0.3) is 0 Å². The van der Waals surface area contributed by atoms with Gasteiger partial charge in [0.1, 0.15) is 17.4 Å². The second kappa shape index (κ2) is 6.74. The van der Waals surface area contributed by atoms with E-state index >= 15 is 0 Å². The Balaban J connectivity index is 2.29. The van der Waals surface area contributed by atoms with Crippen LogP contribution in [0.15, 0.2) is 42.5 Å². The Bertz CT molecular complexity index is 837. The summed E-state index contributed by atoms with van der Waals surface area (Å²) in [5, 5.41) is 0. The zero-order valence-electron chi connectivity index (χ0n) is 12.0. The third-order valence-electron chi connectivity index (χ3n) is 2.66. The Hall–Kier alpha value is -2.48. The molecule has 0 aliphatic rings. The molecular formula is C15H13F2NO4S. The lowest BCUT2D eigenvalue weighted by molar-refractivity contribution is -0.114. The first-order valence-corrected chi connectivity index (χ1v) is 8.14. The number of hydrogen-bond donors (Lipinski definition) is 1. The molecule has 0 unspecified atom stereocenters. The summed E-state index contributed by atoms with van der Waals surface area (Å²) in [6, 6.07) is 8.66. The van der Waals surface area contributed by atoms with Gasteiger partial charge in [-0.3, -0.25) is 9.52 Å². The first-order chi connectivity index (χ1) is 10.8. The van der Waals surface area contributed by atoms with Gasteiger partial charge in [0.05, 0.1) is 5.69 Å². The molecule has 5 nitrogen and oxygen atoms in total. The zero-order valence-corrected chi connectivity index (χ0v) is 12.9. The Morgan fingerprint density at radius 1 is 1.13 bits per heavy atom. The van der Waals surface area contributed by atoms with Crippen molar-refractivity contribution in [3.63, 3.8) is 0 Å². The predicted molar refractivity (Wildman–Crippen MR) is 81.0 cm³/mol. The Labute approximate surface area is 132 Å². The standard InChI is InChI=1S/C15H13F2NO4S/c1-10(19)9-23(20,21)18-13-4-2-3-5-15(13)22-14-7-6-11(16)8-12(14)17/h2-8,18H,9H2,1H3. The van der Waals surface area contributed by atoms with Gasteiger partial charge in [-0.1, -0.05) is 12.1 Å². The summed E-state index contributed by atoms with van der Waals surface area (Å²) in [6.45, 7) is 1.15. The molecule has 0 aliphatic carbocycles. The highest BCUT2D eigenvalue weighted by atomic mass is 32.2. The number of ketones is 1. The van der Waals surface area contributed by atoms with Crippen molar-refractivity contribution in [1.82, 2.24) is 0 Å². The summed E-state index contributed by atoms with van der Waals surface area (Å²) in [7, 11) is -3.90. The van der Waals surface area contributed by atoms with Crippen molar-refractivity contribution in [2.24, 2.45) is 0 Å². The van der Waals surface area contributed by atoms with Crippen molar-refractivity contribution >= 4 is 21.5 Å². The van der Waals surface area contributed by atoms with E-state index in [4.69, 9.17) is 4.74 Å². The topological polar surface area (TPSA) is 72.5 Å². The summed E-state index contributed by atoms with van der Waals surface area (Å²) in [5.74, 6) is -3.14. The quantitative estimate of drug-likeness (QED) is 0.876. The van der Waals surface area contributed by atoms with Crippen LogP contribution < -0.4 is 9.46 Å². The second-order valence-corrected chi connectivity index (χ2v) is 6.46. The van der Waals surface area contributed by atoms with Crippen molar-refractivity contribution in [3.8, 4) is 11.5 Å². The highest BCUT2D eigenvalue weighted by molar-refractivity contribution is 7.93. The minimum absolute atomic E-state index is 0.0186. The number of carbonyl (C=O) groups excluding carboxylic acids is 1. The molecule has 8 heteroatoms. The van der Waals surface area contributed by atoms with E-state index in [0.717, 1.165) is 19.1 Å². The zero-order chi connectivity index (χ0) is 17.0. The number of halogens is 2. The van der Waals surface area contributed by atoms with Crippen molar-refractivity contribution in [1.29, 1.82) is 0 Å². The van der Waals surface area contributed by atoms with Crippen LogP contribution in [0.1, 0.15) is 6.92 Å². The summed E-state index contributed by atoms with van der Waals surface area (Å²) >= 11 is 0. The highest BCUT2D eigenvalue weighted by Crippen LogP contribution is 2.31. The van der Waals surface area contributed by atoms with E-state index in [2.05, 4.69) is 4.72 Å². The third-order valence-corrected chi connectivity index (χ3v) is 3.98. The summed E-state index contributed by atoms with van der Waals surface area (Å²) < 4.78 is 57.6. The molecule has 2 aromatic carbocycles. The van der Waals surface area contributed by atoms with Gasteiger partial charge >= 0.3 is 0 Å². The van der Waals surface area contributed by atoms with E-state index in [1.165, 1.54) is 12.1 Å². The van der Waals surface area contributed by atoms with E-state index in [0.29, 0.717) is 6.07 Å². The van der Waals surface area contributed by atoms with E-state index in [-0.39, 0.29) is 17.2 Å². The monoisotopic (exact) mass is 341 g/mol. The molecule has 0 saturated heterocycles. The molecule has 0 fully saturated rings. The molecule has 2 aromatic rings. The van der Waals surface area contributed by atoms with Crippen molar-refractivity contribution in [2.45, 2.75) is 6.92 Å². The van der Waals surface area contributed by atoms with Gasteiger partial charge in [0.15, 0.2) is 17.3 Å². The van der Waals surface area contributed by atoms with Crippen molar-refractivity contribution < 1.29 is 26.7 Å². The predicted octanol–water partition coefficient (Wildman–Crippen LogP) is 3.09. The molecule has 0 saturated carbocycles. The summed E-state index contributed by atoms with van der Waals surface area (Å²) in [5.41, 5.74) is 0.0393. The fourth-order valence-electron chi connectivity index (χ4n) is 1.79. The van der Waals surface area contributed by atoms with Gasteiger partial charge in [-0.2, -0.15) is 0 Å². The third kappa shape index (κ3) is 4.75. The number of sulfonamides is 1. The largest absolute Gasteiger partial charge is 0.452 e. The van der Waals surface area contributed by atoms with E-state index in [1.54, 1.807) is 12.1 Å². The van der Waals surface area contributed by atoms with Gasteiger partial charge in [-0.05, 0) is 31.2 Å². The second-order valence-electron chi connectivity index (χ2n) is 4.74. The number of nitrogens with one attached hydrogen (secondary N) is 1. The molecule has 0 atom stereocenters. The average molecular weight is 341 g/mol. The van der Waals surface area contributed by atoms with Crippen LogP contribution in [0, 0.1) is 11.6 Å². The summed E-state index contributed by atoms with van der Waals surface area (Å²) in [4.78, 5) is 11.0. The fourth-order valence-corrected chi connectivity index (χ4v) is 2.90. The van der Waals surface area contributed by atoms with Crippen LogP contribution in [-0.4, -0.2) is 20.0 Å². The molecule has 0 aliphatic heterocycles. The number of anilines is 1. The molecule has 0 radical (unpaired) electrons. The van der Waals surface area contributed by atoms with Crippen molar-refractivity contribution in [2.75, 3.05) is 10.5 Å². The Morgan fingerprint density at radius 3 is 2.48 bits per heavy atom. The first-order valence-electron chi connectivity index (χ1n) is 6.49. The number of carbonyl (C=O) groups is 1. The molecule has 0 bridgehead atoms. The number of hydrogen-bond acceptors (Lipinski definition) is 4. The molecule has 0 spiro atoms. The first kappa shape index (κ1) is 16.9. The number of ether oxygens (including phenoxy) is 1. The van der Waals surface area contributed by atoms with Gasteiger partial charge < -0.3 is 4.74 Å². The Morgan fingerprint density at radius 2 is 1.83 bits per heavy atom. The molecule has 1 N–H and O–H groups in total. The fraction of sp³-hybridized carbons (Fsp3) is 0.133. The SMILES string of the molecule is CC(=O)CS(=O)(=O)Nc1ccccc1Oc1ccc(F)cc1F. The smallest absolute Gasteiger partial charge is 0.240 e. The highest BCUT2D eigenvalue weighted by Gasteiger charge is 2.17. The maximum atomic E-state index is 13.6. The average Bonchev–Trinajstić information content (AvgIpc) is 2.42. The van der Waals surface area contributed by atoms with Crippen LogP contribution in [0.5, 0.6) is 11.5 Å². The normalized spacial score (nSPS) is 11.1. The molecule has 23 heavy (non-hydrogen) atoms. The maximum Gasteiger partial charge on any atom is 0.240 e. The van der Waals surface area contributed by atoms with E-state index in [1.807, 2.05) is 0 Å². The molecule has 122 valence electrons. The van der Waals surface area contributed by atoms with Gasteiger partial charge in [0.2, 0.25) is 10.0 Å². The van der Waals surface area contributed by atoms with Crippen molar-refractivity contribution in [3.05, 3.63) is 54.1 Å². The lowest BCUT2D eigenvalue weighted by Gasteiger charge is -2.13. The van der Waals surface area contributed by atoms with Gasteiger partial charge in [-0.15, -0.1) is 0 Å². The minimum Gasteiger partial charge on any atom is -0.452 e. The maximum absolute atomic E-state index is 13.6. The number of benzene rings is 2. The van der Waals surface area contributed by atoms with Crippen LogP contribution in [0.2, 0.25) is 0 Å². The number of rotatable bonds is 6. The van der Waals surface area contributed by atoms with Crippen LogP contribution >= 0.6 is 0 Å². The molecule has 0 heterocycles. The van der Waals surface area contributed by atoms with Gasteiger partial charge in [-0.25, -0.2) is 17.2 Å².